The summed E-state index contributed by atoms with van der Waals surface area (Å²) in [5, 5.41) is 0. The lowest BCUT2D eigenvalue weighted by atomic mass is 10.2. The van der Waals surface area contributed by atoms with E-state index in [1.807, 2.05) is 18.2 Å². The number of aromatic amines is 1. The van der Waals surface area contributed by atoms with E-state index in [1.165, 1.54) is 6.26 Å². The molecule has 0 aliphatic carbocycles. The maximum Gasteiger partial charge on any atom is 0.175 e. The molecule has 4 rings (SSSR count). The lowest BCUT2D eigenvalue weighted by Gasteiger charge is -2.34. The standard InChI is InChI=1S/C20H22N4O3S/c1-28(25,26)17-7-5-15(6-8-17)18-12-22-20(23-18)19-14-27-11-10-24(19)13-16-4-2-3-9-21-16/h2-9,12,19H,10-11,13-14H2,1H3,(H,22,23). The van der Waals surface area contributed by atoms with Crippen LogP contribution in [-0.4, -0.2) is 54.3 Å². The van der Waals surface area contributed by atoms with Crippen molar-refractivity contribution in [3.8, 4) is 11.3 Å². The molecule has 1 unspecified atom stereocenters. The number of ether oxygens (including phenoxy) is 1. The molecule has 28 heavy (non-hydrogen) atoms. The van der Waals surface area contributed by atoms with Gasteiger partial charge in [0.25, 0.3) is 0 Å². The van der Waals surface area contributed by atoms with Crippen LogP contribution in [0.4, 0.5) is 0 Å². The molecule has 1 fully saturated rings. The van der Waals surface area contributed by atoms with E-state index in [9.17, 15) is 8.42 Å². The fourth-order valence-electron chi connectivity index (χ4n) is 3.31. The van der Waals surface area contributed by atoms with E-state index in [-0.39, 0.29) is 6.04 Å². The minimum atomic E-state index is -3.21. The van der Waals surface area contributed by atoms with Crippen LogP contribution >= 0.6 is 0 Å². The van der Waals surface area contributed by atoms with Gasteiger partial charge in [-0.3, -0.25) is 9.88 Å². The molecule has 0 saturated carbocycles. The van der Waals surface area contributed by atoms with Crippen molar-refractivity contribution in [1.29, 1.82) is 0 Å². The largest absolute Gasteiger partial charge is 0.378 e. The monoisotopic (exact) mass is 398 g/mol. The van der Waals surface area contributed by atoms with Crippen LogP contribution in [0.3, 0.4) is 0 Å². The number of pyridine rings is 1. The molecule has 1 saturated heterocycles. The third-order valence-corrected chi connectivity index (χ3v) is 5.96. The van der Waals surface area contributed by atoms with Gasteiger partial charge in [0.05, 0.1) is 41.7 Å². The Balaban J connectivity index is 1.55. The van der Waals surface area contributed by atoms with E-state index in [2.05, 4.69) is 19.9 Å². The lowest BCUT2D eigenvalue weighted by Crippen LogP contribution is -2.39. The Kier molecular flexibility index (Phi) is 5.25. The van der Waals surface area contributed by atoms with Crippen LogP contribution < -0.4 is 0 Å². The normalized spacial score (nSPS) is 18.2. The first-order valence-corrected chi connectivity index (χ1v) is 11.0. The van der Waals surface area contributed by atoms with Gasteiger partial charge < -0.3 is 9.72 Å². The Bertz CT molecular complexity index is 1030. The summed E-state index contributed by atoms with van der Waals surface area (Å²) in [6.45, 7) is 2.78. The van der Waals surface area contributed by atoms with Crippen LogP contribution in [0.2, 0.25) is 0 Å². The smallest absolute Gasteiger partial charge is 0.175 e. The molecule has 0 spiro atoms. The maximum absolute atomic E-state index is 11.6. The first-order valence-electron chi connectivity index (χ1n) is 9.08. The number of imidazole rings is 1. The Morgan fingerprint density at radius 3 is 2.71 bits per heavy atom. The molecular formula is C20H22N4O3S. The minimum absolute atomic E-state index is 0.0137. The van der Waals surface area contributed by atoms with E-state index in [1.54, 1.807) is 36.7 Å². The topological polar surface area (TPSA) is 88.2 Å². The van der Waals surface area contributed by atoms with Gasteiger partial charge >= 0.3 is 0 Å². The van der Waals surface area contributed by atoms with E-state index >= 15 is 0 Å². The van der Waals surface area contributed by atoms with Crippen molar-refractivity contribution in [2.75, 3.05) is 26.0 Å². The average Bonchev–Trinajstić information content (AvgIpc) is 3.19. The Morgan fingerprint density at radius 1 is 1.18 bits per heavy atom. The Labute approximate surface area is 164 Å². The zero-order chi connectivity index (χ0) is 19.6. The molecule has 1 aliphatic heterocycles. The van der Waals surface area contributed by atoms with E-state index in [0.29, 0.717) is 18.1 Å². The van der Waals surface area contributed by atoms with Crippen molar-refractivity contribution in [3.63, 3.8) is 0 Å². The fraction of sp³-hybridized carbons (Fsp3) is 0.300. The van der Waals surface area contributed by atoms with Crippen LogP contribution in [0.5, 0.6) is 0 Å². The predicted molar refractivity (Wildman–Crippen MR) is 105 cm³/mol. The third-order valence-electron chi connectivity index (χ3n) is 4.84. The van der Waals surface area contributed by atoms with Crippen molar-refractivity contribution in [2.24, 2.45) is 0 Å². The highest BCUT2D eigenvalue weighted by Gasteiger charge is 2.27. The number of benzene rings is 1. The molecule has 3 heterocycles. The van der Waals surface area contributed by atoms with Crippen LogP contribution in [-0.2, 0) is 21.1 Å². The summed E-state index contributed by atoms with van der Waals surface area (Å²) in [5.74, 6) is 0.831. The highest BCUT2D eigenvalue weighted by molar-refractivity contribution is 7.90. The predicted octanol–water partition coefficient (Wildman–Crippen LogP) is 2.45. The number of nitrogens with one attached hydrogen (secondary N) is 1. The van der Waals surface area contributed by atoms with Crippen molar-refractivity contribution in [3.05, 3.63) is 66.4 Å². The van der Waals surface area contributed by atoms with Gasteiger partial charge in [-0.25, -0.2) is 13.4 Å². The van der Waals surface area contributed by atoms with Crippen LogP contribution in [0, 0.1) is 0 Å². The van der Waals surface area contributed by atoms with Crippen molar-refractivity contribution in [2.45, 2.75) is 17.5 Å². The number of morpholine rings is 1. The molecule has 1 aromatic carbocycles. The highest BCUT2D eigenvalue weighted by atomic mass is 32.2. The summed E-state index contributed by atoms with van der Waals surface area (Å²) in [6, 6.07) is 12.7. The van der Waals surface area contributed by atoms with Gasteiger partial charge in [-0.1, -0.05) is 18.2 Å². The first-order chi connectivity index (χ1) is 13.5. The molecule has 3 aromatic rings. The van der Waals surface area contributed by atoms with Gasteiger partial charge in [0.1, 0.15) is 5.82 Å². The van der Waals surface area contributed by atoms with Gasteiger partial charge in [-0.15, -0.1) is 0 Å². The highest BCUT2D eigenvalue weighted by Crippen LogP contribution is 2.26. The quantitative estimate of drug-likeness (QED) is 0.710. The summed E-state index contributed by atoms with van der Waals surface area (Å²) < 4.78 is 28.9. The third kappa shape index (κ3) is 4.14. The summed E-state index contributed by atoms with van der Waals surface area (Å²) in [5.41, 5.74) is 2.75. The van der Waals surface area contributed by atoms with Gasteiger partial charge in [0, 0.05) is 25.5 Å². The second-order valence-electron chi connectivity index (χ2n) is 6.86. The Hall–Kier alpha value is -2.55. The summed E-state index contributed by atoms with van der Waals surface area (Å²) in [7, 11) is -3.21. The van der Waals surface area contributed by atoms with Crippen LogP contribution in [0.15, 0.2) is 59.8 Å². The van der Waals surface area contributed by atoms with Crippen molar-refractivity contribution < 1.29 is 13.2 Å². The number of hydrogen-bond acceptors (Lipinski definition) is 6. The van der Waals surface area contributed by atoms with Crippen LogP contribution in [0.1, 0.15) is 17.6 Å². The number of rotatable bonds is 5. The summed E-state index contributed by atoms with van der Waals surface area (Å²) >= 11 is 0. The number of nitrogens with zero attached hydrogens (tertiary/aromatic N) is 3. The molecule has 7 nitrogen and oxygen atoms in total. The zero-order valence-electron chi connectivity index (χ0n) is 15.6. The molecule has 0 amide bonds. The number of H-pyrrole nitrogens is 1. The second kappa shape index (κ2) is 7.83. The molecular weight excluding hydrogens is 376 g/mol. The van der Waals surface area contributed by atoms with E-state index in [0.717, 1.165) is 35.9 Å². The molecule has 1 atom stereocenters. The summed E-state index contributed by atoms with van der Waals surface area (Å²) in [4.78, 5) is 15.0. The van der Waals surface area contributed by atoms with Crippen molar-refractivity contribution in [1.82, 2.24) is 19.9 Å². The molecule has 1 N–H and O–H groups in total. The maximum atomic E-state index is 11.6. The first kappa shape index (κ1) is 18.8. The number of aromatic nitrogens is 3. The number of sulfone groups is 1. The van der Waals surface area contributed by atoms with E-state index in [4.69, 9.17) is 4.74 Å². The SMILES string of the molecule is CS(=O)(=O)c1ccc(-c2cnc(C3COCCN3Cc3ccccn3)[nH]2)cc1. The minimum Gasteiger partial charge on any atom is -0.378 e. The Morgan fingerprint density at radius 2 is 2.00 bits per heavy atom. The number of hydrogen-bond donors (Lipinski definition) is 1. The van der Waals surface area contributed by atoms with Crippen LogP contribution in [0.25, 0.3) is 11.3 Å². The molecule has 0 radical (unpaired) electrons. The molecule has 1 aliphatic rings. The van der Waals surface area contributed by atoms with Gasteiger partial charge in [-0.2, -0.15) is 0 Å². The fourth-order valence-corrected chi connectivity index (χ4v) is 3.94. The second-order valence-corrected chi connectivity index (χ2v) is 8.88. The van der Waals surface area contributed by atoms with Crippen molar-refractivity contribution >= 4 is 9.84 Å². The van der Waals surface area contributed by atoms with Gasteiger partial charge in [0.2, 0.25) is 0 Å². The summed E-state index contributed by atoms with van der Waals surface area (Å²) in [6.07, 6.45) is 4.78. The molecule has 0 bridgehead atoms. The lowest BCUT2D eigenvalue weighted by molar-refractivity contribution is -0.0161. The molecule has 8 heteroatoms. The van der Waals surface area contributed by atoms with E-state index < -0.39 is 9.84 Å². The van der Waals surface area contributed by atoms with Gasteiger partial charge in [0.15, 0.2) is 9.84 Å². The average molecular weight is 398 g/mol. The molecule has 2 aromatic heterocycles. The molecule has 146 valence electrons. The van der Waals surface area contributed by atoms with Gasteiger partial charge in [-0.05, 0) is 29.8 Å². The zero-order valence-corrected chi connectivity index (χ0v) is 16.4.